The maximum Gasteiger partial charge on any atom is 0.407 e. The van der Waals surface area contributed by atoms with E-state index in [1.54, 1.807) is 24.3 Å². The Bertz CT molecular complexity index is 722. The zero-order chi connectivity index (χ0) is 19.2. The van der Waals surface area contributed by atoms with Crippen molar-refractivity contribution in [3.8, 4) is 0 Å². The van der Waals surface area contributed by atoms with E-state index < -0.39 is 15.9 Å². The van der Waals surface area contributed by atoms with E-state index in [2.05, 4.69) is 12.1 Å². The molecule has 0 aliphatic carbocycles. The lowest BCUT2D eigenvalue weighted by atomic mass is 9.92. The van der Waals surface area contributed by atoms with Crippen molar-refractivity contribution in [3.05, 3.63) is 36.4 Å². The van der Waals surface area contributed by atoms with Crippen LogP contribution < -0.4 is 5.48 Å². The predicted octanol–water partition coefficient (Wildman–Crippen LogP) is 2.75. The monoisotopic (exact) mass is 382 g/mol. The fraction of sp³-hybridized carbons (Fsp3) is 0.500. The number of likely N-dealkylation sites (tertiary alicyclic amines) is 1. The molecule has 0 bridgehead atoms. The van der Waals surface area contributed by atoms with Crippen LogP contribution in [0.1, 0.15) is 31.2 Å². The first-order valence-electron chi connectivity index (χ1n) is 8.62. The van der Waals surface area contributed by atoms with Crippen molar-refractivity contribution in [2.45, 2.75) is 30.6 Å². The van der Waals surface area contributed by atoms with E-state index >= 15 is 0 Å². The lowest BCUT2D eigenvalue weighted by Crippen LogP contribution is -2.37. The summed E-state index contributed by atoms with van der Waals surface area (Å²) in [7, 11) is -3.21. The summed E-state index contributed by atoms with van der Waals surface area (Å²) in [5, 5.41) is 8.93. The van der Waals surface area contributed by atoms with E-state index in [-0.39, 0.29) is 4.90 Å². The maximum absolute atomic E-state index is 11.4. The molecule has 0 saturated carbocycles. The third-order valence-electron chi connectivity index (χ3n) is 4.57. The molecule has 0 aromatic heterocycles. The fourth-order valence-corrected chi connectivity index (χ4v) is 3.59. The Morgan fingerprint density at radius 2 is 1.92 bits per heavy atom. The SMILES string of the molecule is C=C(NOCCCC1CCN(C(=O)O)CC1)c1ccc(S(C)(=O)=O)cc1. The van der Waals surface area contributed by atoms with Crippen molar-refractivity contribution < 1.29 is 23.2 Å². The molecule has 1 saturated heterocycles. The molecule has 2 N–H and O–H groups in total. The zero-order valence-electron chi connectivity index (χ0n) is 15.0. The number of nitrogens with one attached hydrogen (secondary N) is 1. The number of hydrogen-bond donors (Lipinski definition) is 2. The minimum Gasteiger partial charge on any atom is -0.465 e. The lowest BCUT2D eigenvalue weighted by Gasteiger charge is -2.29. The van der Waals surface area contributed by atoms with E-state index in [4.69, 9.17) is 9.94 Å². The Balaban J connectivity index is 1.64. The largest absolute Gasteiger partial charge is 0.465 e. The van der Waals surface area contributed by atoms with Gasteiger partial charge in [0.15, 0.2) is 9.84 Å². The van der Waals surface area contributed by atoms with Crippen molar-refractivity contribution >= 4 is 21.6 Å². The second-order valence-electron chi connectivity index (χ2n) is 6.58. The van der Waals surface area contributed by atoms with Crippen LogP contribution in [-0.2, 0) is 14.7 Å². The van der Waals surface area contributed by atoms with Crippen molar-refractivity contribution in [2.75, 3.05) is 26.0 Å². The maximum atomic E-state index is 11.4. The molecule has 1 aromatic rings. The number of carbonyl (C=O) groups is 1. The van der Waals surface area contributed by atoms with Gasteiger partial charge in [0, 0.05) is 19.3 Å². The molecule has 1 amide bonds. The van der Waals surface area contributed by atoms with Crippen LogP contribution in [0.25, 0.3) is 5.70 Å². The zero-order valence-corrected chi connectivity index (χ0v) is 15.8. The van der Waals surface area contributed by atoms with Crippen LogP contribution in [0.2, 0.25) is 0 Å². The van der Waals surface area contributed by atoms with Crippen LogP contribution in [0.4, 0.5) is 4.79 Å². The molecular formula is C18H26N2O5S. The Hall–Kier alpha value is -2.06. The Kier molecular flexibility index (Phi) is 7.05. The van der Waals surface area contributed by atoms with E-state index in [0.29, 0.717) is 31.3 Å². The van der Waals surface area contributed by atoms with Gasteiger partial charge in [-0.05, 0) is 49.3 Å². The normalized spacial score (nSPS) is 15.7. The highest BCUT2D eigenvalue weighted by molar-refractivity contribution is 7.90. The number of carboxylic acid groups (broad SMARTS) is 1. The number of hydrogen-bond acceptors (Lipinski definition) is 5. The molecule has 0 radical (unpaired) electrons. The first-order chi connectivity index (χ1) is 12.3. The molecule has 8 heteroatoms. The predicted molar refractivity (Wildman–Crippen MR) is 99.2 cm³/mol. The highest BCUT2D eigenvalue weighted by Crippen LogP contribution is 2.22. The molecule has 144 valence electrons. The summed E-state index contributed by atoms with van der Waals surface area (Å²) in [5.41, 5.74) is 4.12. The average molecular weight is 382 g/mol. The van der Waals surface area contributed by atoms with Gasteiger partial charge >= 0.3 is 6.09 Å². The van der Waals surface area contributed by atoms with Crippen LogP contribution in [0.3, 0.4) is 0 Å². The Labute approximate surface area is 154 Å². The van der Waals surface area contributed by atoms with Crippen molar-refractivity contribution in [2.24, 2.45) is 5.92 Å². The van der Waals surface area contributed by atoms with Gasteiger partial charge in [-0.15, -0.1) is 0 Å². The number of hydroxylamine groups is 1. The molecule has 0 atom stereocenters. The Morgan fingerprint density at radius 1 is 1.31 bits per heavy atom. The van der Waals surface area contributed by atoms with E-state index in [0.717, 1.165) is 31.2 Å². The standard InChI is InChI=1S/C18H26N2O5S/c1-14(16-5-7-17(8-6-16)26(2,23)24)19-25-13-3-4-15-9-11-20(12-10-15)18(21)22/h5-8,15,19H,1,3-4,9-13H2,2H3,(H,21,22). The highest BCUT2D eigenvalue weighted by atomic mass is 32.2. The summed E-state index contributed by atoms with van der Waals surface area (Å²) in [6.45, 7) is 5.63. The molecule has 0 unspecified atom stereocenters. The summed E-state index contributed by atoms with van der Waals surface area (Å²) in [4.78, 5) is 18.0. The summed E-state index contributed by atoms with van der Waals surface area (Å²) < 4.78 is 22.9. The smallest absolute Gasteiger partial charge is 0.407 e. The molecule has 1 aliphatic heterocycles. The summed E-state index contributed by atoms with van der Waals surface area (Å²) in [5.74, 6) is 0.543. The number of sulfone groups is 1. The second kappa shape index (κ2) is 9.05. The third-order valence-corrected chi connectivity index (χ3v) is 5.70. The second-order valence-corrected chi connectivity index (χ2v) is 8.60. The van der Waals surface area contributed by atoms with Gasteiger partial charge in [-0.3, -0.25) is 10.3 Å². The van der Waals surface area contributed by atoms with Crippen LogP contribution >= 0.6 is 0 Å². The van der Waals surface area contributed by atoms with Crippen LogP contribution in [-0.4, -0.2) is 50.5 Å². The van der Waals surface area contributed by atoms with Crippen LogP contribution in [0.15, 0.2) is 35.7 Å². The van der Waals surface area contributed by atoms with Gasteiger partial charge in [-0.2, -0.15) is 0 Å². The van der Waals surface area contributed by atoms with Crippen molar-refractivity contribution in [1.29, 1.82) is 0 Å². The molecule has 1 heterocycles. The molecule has 26 heavy (non-hydrogen) atoms. The number of nitrogens with zero attached hydrogens (tertiary/aromatic N) is 1. The molecule has 1 aromatic carbocycles. The van der Waals surface area contributed by atoms with Gasteiger partial charge in [0.1, 0.15) is 0 Å². The minimum atomic E-state index is -3.21. The van der Waals surface area contributed by atoms with Gasteiger partial charge in [0.2, 0.25) is 0 Å². The molecule has 1 aliphatic rings. The van der Waals surface area contributed by atoms with Crippen molar-refractivity contribution in [3.63, 3.8) is 0 Å². The highest BCUT2D eigenvalue weighted by Gasteiger charge is 2.21. The topological polar surface area (TPSA) is 95.9 Å². The molecule has 1 fully saturated rings. The number of rotatable bonds is 8. The van der Waals surface area contributed by atoms with Crippen molar-refractivity contribution in [1.82, 2.24) is 10.4 Å². The first kappa shape index (κ1) is 20.3. The summed E-state index contributed by atoms with van der Waals surface area (Å²) in [6, 6.07) is 6.46. The fourth-order valence-electron chi connectivity index (χ4n) is 2.96. The summed E-state index contributed by atoms with van der Waals surface area (Å²) >= 11 is 0. The number of benzene rings is 1. The Morgan fingerprint density at radius 3 is 2.46 bits per heavy atom. The minimum absolute atomic E-state index is 0.268. The quantitative estimate of drug-likeness (QED) is 0.530. The summed E-state index contributed by atoms with van der Waals surface area (Å²) in [6.07, 6.45) is 4.02. The van der Waals surface area contributed by atoms with E-state index in [9.17, 15) is 13.2 Å². The number of piperidine rings is 1. The van der Waals surface area contributed by atoms with Gasteiger partial charge < -0.3 is 10.0 Å². The average Bonchev–Trinajstić information content (AvgIpc) is 2.61. The molecular weight excluding hydrogens is 356 g/mol. The first-order valence-corrected chi connectivity index (χ1v) is 10.5. The molecule has 2 rings (SSSR count). The van der Waals surface area contributed by atoms with Crippen LogP contribution in [0, 0.1) is 5.92 Å². The van der Waals surface area contributed by atoms with E-state index in [1.165, 1.54) is 11.2 Å². The van der Waals surface area contributed by atoms with Gasteiger partial charge in [0.25, 0.3) is 0 Å². The lowest BCUT2D eigenvalue weighted by molar-refractivity contribution is 0.0695. The number of amides is 1. The van der Waals surface area contributed by atoms with Gasteiger partial charge in [-0.1, -0.05) is 18.7 Å². The van der Waals surface area contributed by atoms with Gasteiger partial charge in [0.05, 0.1) is 17.2 Å². The molecule has 7 nitrogen and oxygen atoms in total. The van der Waals surface area contributed by atoms with Gasteiger partial charge in [-0.25, -0.2) is 13.2 Å². The van der Waals surface area contributed by atoms with Crippen LogP contribution in [0.5, 0.6) is 0 Å². The molecule has 0 spiro atoms. The van der Waals surface area contributed by atoms with E-state index in [1.807, 2.05) is 0 Å². The third kappa shape index (κ3) is 6.03.